The van der Waals surface area contributed by atoms with Gasteiger partial charge in [-0.1, -0.05) is 30.3 Å². The van der Waals surface area contributed by atoms with Crippen molar-refractivity contribution in [1.82, 2.24) is 10.2 Å². The van der Waals surface area contributed by atoms with Gasteiger partial charge in [0.2, 0.25) is 5.91 Å². The minimum atomic E-state index is -0.526. The maximum Gasteiger partial charge on any atom is 0.230 e. The molecule has 0 aromatic heterocycles. The van der Waals surface area contributed by atoms with Crippen LogP contribution in [0.3, 0.4) is 0 Å². The van der Waals surface area contributed by atoms with Crippen LogP contribution in [0.1, 0.15) is 11.6 Å². The predicted molar refractivity (Wildman–Crippen MR) is 102 cm³/mol. The first-order valence-corrected chi connectivity index (χ1v) is 9.82. The molecule has 7 heteroatoms. The van der Waals surface area contributed by atoms with E-state index in [1.807, 2.05) is 30.3 Å². The number of morpholine rings is 1. The SMILES string of the molecule is O=C(CSc1cc(F)ccc1F)N[C@H](CN1CCOCC1)c1ccccc1. The second-order valence-corrected chi connectivity index (χ2v) is 7.32. The molecule has 2 aromatic carbocycles. The number of hydrogen-bond donors (Lipinski definition) is 1. The first-order valence-electron chi connectivity index (χ1n) is 8.84. The van der Waals surface area contributed by atoms with Crippen molar-refractivity contribution in [1.29, 1.82) is 0 Å². The quantitative estimate of drug-likeness (QED) is 0.735. The van der Waals surface area contributed by atoms with Crippen LogP contribution in [0.25, 0.3) is 0 Å². The lowest BCUT2D eigenvalue weighted by molar-refractivity contribution is -0.119. The van der Waals surface area contributed by atoms with E-state index < -0.39 is 11.6 Å². The average molecular weight is 392 g/mol. The third-order valence-corrected chi connectivity index (χ3v) is 5.36. The van der Waals surface area contributed by atoms with Crippen LogP contribution in [-0.2, 0) is 9.53 Å². The molecule has 144 valence electrons. The maximum absolute atomic E-state index is 13.7. The smallest absolute Gasteiger partial charge is 0.230 e. The van der Waals surface area contributed by atoms with Gasteiger partial charge in [0.15, 0.2) is 0 Å². The molecule has 0 radical (unpaired) electrons. The number of nitrogens with zero attached hydrogens (tertiary/aromatic N) is 1. The molecule has 3 rings (SSSR count). The average Bonchev–Trinajstić information content (AvgIpc) is 2.69. The molecule has 1 amide bonds. The Labute approximate surface area is 161 Å². The van der Waals surface area contributed by atoms with E-state index >= 15 is 0 Å². The Balaban J connectivity index is 1.62. The summed E-state index contributed by atoms with van der Waals surface area (Å²) in [4.78, 5) is 14.8. The molecule has 1 atom stereocenters. The van der Waals surface area contributed by atoms with Crippen molar-refractivity contribution in [2.24, 2.45) is 0 Å². The Hall–Kier alpha value is -1.96. The molecule has 27 heavy (non-hydrogen) atoms. The van der Waals surface area contributed by atoms with E-state index in [0.717, 1.165) is 48.6 Å². The molecular formula is C20H22F2N2O2S. The van der Waals surface area contributed by atoms with Gasteiger partial charge in [0.05, 0.1) is 25.0 Å². The molecule has 1 fully saturated rings. The van der Waals surface area contributed by atoms with Crippen molar-refractivity contribution in [2.75, 3.05) is 38.6 Å². The minimum absolute atomic E-state index is 0.0207. The van der Waals surface area contributed by atoms with Gasteiger partial charge in [0.1, 0.15) is 11.6 Å². The van der Waals surface area contributed by atoms with Crippen molar-refractivity contribution in [2.45, 2.75) is 10.9 Å². The van der Waals surface area contributed by atoms with Crippen molar-refractivity contribution < 1.29 is 18.3 Å². The van der Waals surface area contributed by atoms with E-state index in [4.69, 9.17) is 4.74 Å². The van der Waals surface area contributed by atoms with Gasteiger partial charge in [-0.2, -0.15) is 0 Å². The first kappa shape index (κ1) is 19.8. The molecular weight excluding hydrogens is 370 g/mol. The van der Waals surface area contributed by atoms with Crippen molar-refractivity contribution in [3.8, 4) is 0 Å². The molecule has 1 heterocycles. The summed E-state index contributed by atoms with van der Waals surface area (Å²) in [5.74, 6) is -1.24. The molecule has 1 aliphatic heterocycles. The molecule has 1 saturated heterocycles. The predicted octanol–water partition coefficient (Wildman–Crippen LogP) is 3.25. The molecule has 1 N–H and O–H groups in total. The summed E-state index contributed by atoms with van der Waals surface area (Å²) in [6.45, 7) is 3.69. The van der Waals surface area contributed by atoms with E-state index in [9.17, 15) is 13.6 Å². The molecule has 0 bridgehead atoms. The fourth-order valence-corrected chi connectivity index (χ4v) is 3.70. The van der Waals surface area contributed by atoms with Gasteiger partial charge in [0.25, 0.3) is 0 Å². The van der Waals surface area contributed by atoms with Crippen LogP contribution < -0.4 is 5.32 Å². The van der Waals surface area contributed by atoms with Gasteiger partial charge in [-0.25, -0.2) is 8.78 Å². The lowest BCUT2D eigenvalue weighted by atomic mass is 10.1. The van der Waals surface area contributed by atoms with E-state index in [2.05, 4.69) is 10.2 Å². The first-order chi connectivity index (χ1) is 13.1. The number of thioether (sulfide) groups is 1. The van der Waals surface area contributed by atoms with Crippen LogP contribution in [0.15, 0.2) is 53.4 Å². The highest BCUT2D eigenvalue weighted by molar-refractivity contribution is 8.00. The van der Waals surface area contributed by atoms with Gasteiger partial charge >= 0.3 is 0 Å². The van der Waals surface area contributed by atoms with Crippen LogP contribution >= 0.6 is 11.8 Å². The number of nitrogens with one attached hydrogen (secondary N) is 1. The van der Waals surface area contributed by atoms with E-state index in [0.29, 0.717) is 19.8 Å². The van der Waals surface area contributed by atoms with Crippen LogP contribution in [0.5, 0.6) is 0 Å². The van der Waals surface area contributed by atoms with Crippen LogP contribution in [0.4, 0.5) is 8.78 Å². The third kappa shape index (κ3) is 6.02. The van der Waals surface area contributed by atoms with E-state index in [-0.39, 0.29) is 22.6 Å². The van der Waals surface area contributed by atoms with Crippen LogP contribution in [0.2, 0.25) is 0 Å². The van der Waals surface area contributed by atoms with Crippen LogP contribution in [0, 0.1) is 11.6 Å². The summed E-state index contributed by atoms with van der Waals surface area (Å²) in [5.41, 5.74) is 1.01. The highest BCUT2D eigenvalue weighted by Gasteiger charge is 2.20. The fraction of sp³-hybridized carbons (Fsp3) is 0.350. The minimum Gasteiger partial charge on any atom is -0.379 e. The summed E-state index contributed by atoms with van der Waals surface area (Å²) in [5, 5.41) is 3.03. The zero-order valence-electron chi connectivity index (χ0n) is 14.9. The molecule has 0 saturated carbocycles. The number of hydrogen-bond acceptors (Lipinski definition) is 4. The Morgan fingerprint density at radius 3 is 2.63 bits per heavy atom. The number of halogens is 2. The topological polar surface area (TPSA) is 41.6 Å². The Bertz CT molecular complexity index is 755. The van der Waals surface area contributed by atoms with Gasteiger partial charge in [-0.15, -0.1) is 11.8 Å². The summed E-state index contributed by atoms with van der Waals surface area (Å²) < 4.78 is 32.4. The highest BCUT2D eigenvalue weighted by atomic mass is 32.2. The van der Waals surface area contributed by atoms with Gasteiger partial charge in [-0.3, -0.25) is 9.69 Å². The van der Waals surface area contributed by atoms with E-state index in [1.165, 1.54) is 0 Å². The normalized spacial score (nSPS) is 16.1. The Kier molecular flexibility index (Phi) is 7.20. The lowest BCUT2D eigenvalue weighted by Crippen LogP contribution is -2.43. The summed E-state index contributed by atoms with van der Waals surface area (Å²) in [6, 6.07) is 12.8. The number of amides is 1. The van der Waals surface area contributed by atoms with E-state index in [1.54, 1.807) is 0 Å². The zero-order chi connectivity index (χ0) is 19.1. The number of carbonyl (C=O) groups is 1. The largest absolute Gasteiger partial charge is 0.379 e. The second-order valence-electron chi connectivity index (χ2n) is 6.31. The van der Waals surface area contributed by atoms with Crippen LogP contribution in [-0.4, -0.2) is 49.4 Å². The molecule has 0 unspecified atom stereocenters. The molecule has 0 aliphatic carbocycles. The molecule has 1 aliphatic rings. The number of rotatable bonds is 7. The standard InChI is InChI=1S/C20H22F2N2O2S/c21-16-6-7-17(22)19(12-16)27-14-20(25)23-18(15-4-2-1-3-5-15)13-24-8-10-26-11-9-24/h1-7,12,18H,8-11,13-14H2,(H,23,25)/t18-/m1/s1. The molecule has 0 spiro atoms. The zero-order valence-corrected chi connectivity index (χ0v) is 15.7. The Morgan fingerprint density at radius 2 is 1.89 bits per heavy atom. The Morgan fingerprint density at radius 1 is 1.15 bits per heavy atom. The number of carbonyl (C=O) groups excluding carboxylic acids is 1. The lowest BCUT2D eigenvalue weighted by Gasteiger charge is -2.31. The maximum atomic E-state index is 13.7. The summed E-state index contributed by atoms with van der Waals surface area (Å²) in [7, 11) is 0. The third-order valence-electron chi connectivity index (χ3n) is 4.33. The van der Waals surface area contributed by atoms with Gasteiger partial charge < -0.3 is 10.1 Å². The van der Waals surface area contributed by atoms with Crippen molar-refractivity contribution >= 4 is 17.7 Å². The van der Waals surface area contributed by atoms with Gasteiger partial charge in [-0.05, 0) is 23.8 Å². The summed E-state index contributed by atoms with van der Waals surface area (Å²) >= 11 is 0.992. The van der Waals surface area contributed by atoms with Crippen molar-refractivity contribution in [3.05, 3.63) is 65.7 Å². The number of benzene rings is 2. The van der Waals surface area contributed by atoms with Gasteiger partial charge in [0, 0.05) is 24.5 Å². The van der Waals surface area contributed by atoms with Crippen molar-refractivity contribution in [3.63, 3.8) is 0 Å². The monoisotopic (exact) mass is 392 g/mol. The highest BCUT2D eigenvalue weighted by Crippen LogP contribution is 2.23. The fourth-order valence-electron chi connectivity index (χ4n) is 2.93. The molecule has 4 nitrogen and oxygen atoms in total. The molecule has 2 aromatic rings. The second kappa shape index (κ2) is 9.82. The number of ether oxygens (including phenoxy) is 1. The summed E-state index contributed by atoms with van der Waals surface area (Å²) in [6.07, 6.45) is 0.